The van der Waals surface area contributed by atoms with Crippen LogP contribution < -0.4 is 5.73 Å². The number of benzene rings is 1. The average molecular weight is 243 g/mol. The van der Waals surface area contributed by atoms with Gasteiger partial charge in [-0.3, -0.25) is 4.79 Å². The highest BCUT2D eigenvalue weighted by Crippen LogP contribution is 2.11. The van der Waals surface area contributed by atoms with Gasteiger partial charge in [0.1, 0.15) is 5.25 Å². The fourth-order valence-corrected chi connectivity index (χ4v) is 2.04. The summed E-state index contributed by atoms with van der Waals surface area (Å²) in [6.07, 6.45) is 0.920. The molecule has 1 unspecified atom stereocenters. The molecule has 1 rings (SSSR count). The van der Waals surface area contributed by atoms with Crippen molar-refractivity contribution in [3.8, 4) is 0 Å². The lowest BCUT2D eigenvalue weighted by Gasteiger charge is -2.10. The number of carbonyl (C=O) groups is 1. The SMILES string of the molecule is CS(=O)(=O)C(CO)C(=O)c1ccc(N)cc1. The fraction of sp³-hybridized carbons (Fsp3) is 0.300. The van der Waals surface area contributed by atoms with Crippen molar-refractivity contribution in [2.45, 2.75) is 5.25 Å². The molecular weight excluding hydrogens is 230 g/mol. The van der Waals surface area contributed by atoms with Crippen LogP contribution in [0.1, 0.15) is 10.4 Å². The summed E-state index contributed by atoms with van der Waals surface area (Å²) in [5.74, 6) is -0.620. The zero-order chi connectivity index (χ0) is 12.3. The second-order valence-corrected chi connectivity index (χ2v) is 5.72. The third-order valence-corrected chi connectivity index (χ3v) is 3.57. The van der Waals surface area contributed by atoms with Crippen LogP contribution in [0.3, 0.4) is 0 Å². The Hall–Kier alpha value is -1.40. The van der Waals surface area contributed by atoms with Crippen LogP contribution in [0.4, 0.5) is 5.69 Å². The molecule has 0 spiro atoms. The minimum Gasteiger partial charge on any atom is -0.399 e. The van der Waals surface area contributed by atoms with Gasteiger partial charge >= 0.3 is 0 Å². The van der Waals surface area contributed by atoms with Crippen LogP contribution in [0, 0.1) is 0 Å². The van der Waals surface area contributed by atoms with Gasteiger partial charge in [0.15, 0.2) is 15.6 Å². The topological polar surface area (TPSA) is 97.5 Å². The van der Waals surface area contributed by atoms with Gasteiger partial charge in [-0.2, -0.15) is 0 Å². The van der Waals surface area contributed by atoms with Crippen molar-refractivity contribution in [1.82, 2.24) is 0 Å². The summed E-state index contributed by atoms with van der Waals surface area (Å²) in [4.78, 5) is 11.8. The summed E-state index contributed by atoms with van der Waals surface area (Å²) in [5.41, 5.74) is 6.15. The second-order valence-electron chi connectivity index (χ2n) is 3.49. The summed E-state index contributed by atoms with van der Waals surface area (Å²) >= 11 is 0. The number of ketones is 1. The van der Waals surface area contributed by atoms with E-state index in [0.717, 1.165) is 6.26 Å². The molecule has 0 aromatic heterocycles. The van der Waals surface area contributed by atoms with E-state index in [9.17, 15) is 13.2 Å². The number of hydrogen-bond acceptors (Lipinski definition) is 5. The number of sulfone groups is 1. The van der Waals surface area contributed by atoms with Crippen LogP contribution in [0.2, 0.25) is 0 Å². The maximum atomic E-state index is 11.8. The molecule has 16 heavy (non-hydrogen) atoms. The van der Waals surface area contributed by atoms with Gasteiger partial charge in [-0.05, 0) is 24.3 Å². The van der Waals surface area contributed by atoms with Crippen LogP contribution in [0.25, 0.3) is 0 Å². The number of nitrogens with two attached hydrogens (primary N) is 1. The van der Waals surface area contributed by atoms with Gasteiger partial charge in [0.05, 0.1) is 6.61 Å². The van der Waals surface area contributed by atoms with Crippen molar-refractivity contribution < 1.29 is 18.3 Å². The number of carbonyl (C=O) groups excluding carboxylic acids is 1. The first-order valence-electron chi connectivity index (χ1n) is 4.55. The van der Waals surface area contributed by atoms with Crippen molar-refractivity contribution >= 4 is 21.3 Å². The van der Waals surface area contributed by atoms with Crippen LogP contribution in [0.5, 0.6) is 0 Å². The summed E-state index contributed by atoms with van der Waals surface area (Å²) < 4.78 is 22.5. The third kappa shape index (κ3) is 2.80. The van der Waals surface area contributed by atoms with E-state index in [-0.39, 0.29) is 5.56 Å². The van der Waals surface area contributed by atoms with Crippen molar-refractivity contribution in [2.24, 2.45) is 0 Å². The molecular formula is C10H13NO4S. The van der Waals surface area contributed by atoms with Crippen molar-refractivity contribution in [2.75, 3.05) is 18.6 Å². The van der Waals surface area contributed by atoms with E-state index >= 15 is 0 Å². The molecule has 0 heterocycles. The Morgan fingerprint density at radius 3 is 2.25 bits per heavy atom. The molecule has 88 valence electrons. The molecule has 5 nitrogen and oxygen atoms in total. The number of aliphatic hydroxyl groups is 1. The molecule has 0 saturated carbocycles. The van der Waals surface area contributed by atoms with E-state index in [4.69, 9.17) is 10.8 Å². The van der Waals surface area contributed by atoms with E-state index in [2.05, 4.69) is 0 Å². The van der Waals surface area contributed by atoms with Gasteiger partial charge in [-0.1, -0.05) is 0 Å². The molecule has 0 aliphatic rings. The number of nitrogen functional groups attached to an aromatic ring is 1. The molecule has 0 bridgehead atoms. The number of aliphatic hydroxyl groups excluding tert-OH is 1. The highest BCUT2D eigenvalue weighted by atomic mass is 32.2. The van der Waals surface area contributed by atoms with Gasteiger partial charge in [-0.15, -0.1) is 0 Å². The molecule has 0 saturated heterocycles. The Morgan fingerprint density at radius 2 is 1.88 bits per heavy atom. The normalized spacial score (nSPS) is 13.4. The molecule has 0 fully saturated rings. The second kappa shape index (κ2) is 4.63. The first-order chi connectivity index (χ1) is 7.36. The molecule has 0 aliphatic heterocycles. The number of rotatable bonds is 4. The lowest BCUT2D eigenvalue weighted by atomic mass is 10.1. The molecule has 6 heteroatoms. The maximum Gasteiger partial charge on any atom is 0.183 e. The predicted molar refractivity (Wildman–Crippen MR) is 60.9 cm³/mol. The summed E-state index contributed by atoms with van der Waals surface area (Å²) in [7, 11) is -3.60. The van der Waals surface area contributed by atoms with E-state index < -0.39 is 27.5 Å². The van der Waals surface area contributed by atoms with Crippen LogP contribution in [-0.4, -0.2) is 37.4 Å². The van der Waals surface area contributed by atoms with Crippen molar-refractivity contribution in [3.63, 3.8) is 0 Å². The highest BCUT2D eigenvalue weighted by Gasteiger charge is 2.28. The Morgan fingerprint density at radius 1 is 1.38 bits per heavy atom. The maximum absolute atomic E-state index is 11.8. The van der Waals surface area contributed by atoms with Gasteiger partial charge < -0.3 is 10.8 Å². The summed E-state index contributed by atoms with van der Waals surface area (Å²) in [5, 5.41) is 7.52. The Bertz CT molecular complexity index is 478. The molecule has 3 N–H and O–H groups in total. The minimum atomic E-state index is -3.60. The Kier molecular flexibility index (Phi) is 3.66. The molecule has 1 aromatic rings. The third-order valence-electron chi connectivity index (χ3n) is 2.17. The monoisotopic (exact) mass is 243 g/mol. The van der Waals surface area contributed by atoms with Gasteiger partial charge in [-0.25, -0.2) is 8.42 Å². The van der Waals surface area contributed by atoms with E-state index in [1.54, 1.807) is 0 Å². The predicted octanol–water partition coefficient (Wildman–Crippen LogP) is -0.143. The highest BCUT2D eigenvalue weighted by molar-refractivity contribution is 7.92. The average Bonchev–Trinajstić information content (AvgIpc) is 2.17. The van der Waals surface area contributed by atoms with Gasteiger partial charge in [0, 0.05) is 17.5 Å². The van der Waals surface area contributed by atoms with E-state index in [0.29, 0.717) is 5.69 Å². The van der Waals surface area contributed by atoms with E-state index in [1.807, 2.05) is 0 Å². The summed E-state index contributed by atoms with van der Waals surface area (Å²) in [6.45, 7) is -0.720. The number of hydrogen-bond donors (Lipinski definition) is 2. The smallest absolute Gasteiger partial charge is 0.183 e. The minimum absolute atomic E-state index is 0.221. The Labute approximate surface area is 93.8 Å². The lowest BCUT2D eigenvalue weighted by Crippen LogP contribution is -2.33. The van der Waals surface area contributed by atoms with Crippen molar-refractivity contribution in [3.05, 3.63) is 29.8 Å². The first kappa shape index (κ1) is 12.7. The van der Waals surface area contributed by atoms with Crippen LogP contribution >= 0.6 is 0 Å². The zero-order valence-electron chi connectivity index (χ0n) is 8.75. The lowest BCUT2D eigenvalue weighted by molar-refractivity contribution is 0.0962. The summed E-state index contributed by atoms with van der Waals surface area (Å²) in [6, 6.07) is 5.88. The number of anilines is 1. The molecule has 0 aliphatic carbocycles. The van der Waals surface area contributed by atoms with Crippen molar-refractivity contribution in [1.29, 1.82) is 0 Å². The molecule has 0 amide bonds. The van der Waals surface area contributed by atoms with Gasteiger partial charge in [0.2, 0.25) is 0 Å². The largest absolute Gasteiger partial charge is 0.399 e. The zero-order valence-corrected chi connectivity index (χ0v) is 9.57. The molecule has 0 radical (unpaired) electrons. The first-order valence-corrected chi connectivity index (χ1v) is 6.51. The standard InChI is InChI=1S/C10H13NO4S/c1-16(14,15)9(6-12)10(13)7-2-4-8(11)5-3-7/h2-5,9,12H,6,11H2,1H3. The number of Topliss-reactive ketones (excluding diaryl/α,β-unsaturated/α-hetero) is 1. The van der Waals surface area contributed by atoms with E-state index in [1.165, 1.54) is 24.3 Å². The molecule has 1 atom stereocenters. The quantitative estimate of drug-likeness (QED) is 0.566. The Balaban J connectivity index is 3.06. The van der Waals surface area contributed by atoms with Crippen LogP contribution in [-0.2, 0) is 9.84 Å². The van der Waals surface area contributed by atoms with Gasteiger partial charge in [0.25, 0.3) is 0 Å². The van der Waals surface area contributed by atoms with Crippen LogP contribution in [0.15, 0.2) is 24.3 Å². The molecule has 1 aromatic carbocycles. The fourth-order valence-electron chi connectivity index (χ4n) is 1.25.